The molecule has 1 heterocycles. The highest BCUT2D eigenvalue weighted by atomic mass is 32.1. The van der Waals surface area contributed by atoms with E-state index in [1.165, 1.54) is 0 Å². The summed E-state index contributed by atoms with van der Waals surface area (Å²) in [6, 6.07) is 13.3. The smallest absolute Gasteiger partial charge is 0.228 e. The van der Waals surface area contributed by atoms with Gasteiger partial charge in [0.25, 0.3) is 0 Å². The van der Waals surface area contributed by atoms with Crippen LogP contribution in [0.2, 0.25) is 0 Å². The molecule has 3 aromatic rings. The molecule has 0 aliphatic carbocycles. The number of nitrogens with one attached hydrogen (secondary N) is 1. The maximum Gasteiger partial charge on any atom is 0.228 e. The predicted octanol–water partition coefficient (Wildman–Crippen LogP) is 3.88. The van der Waals surface area contributed by atoms with Gasteiger partial charge in [-0.25, -0.2) is 4.98 Å². The fraction of sp³-hybridized carbons (Fsp3) is 0.176. The Kier molecular flexibility index (Phi) is 4.34. The highest BCUT2D eigenvalue weighted by molar-refractivity contribution is 7.16. The molecule has 1 N–H and O–H groups in total. The van der Waals surface area contributed by atoms with Crippen LogP contribution in [0.5, 0.6) is 5.75 Å². The van der Waals surface area contributed by atoms with Crippen molar-refractivity contribution in [2.24, 2.45) is 0 Å². The number of benzene rings is 2. The predicted molar refractivity (Wildman–Crippen MR) is 89.6 cm³/mol. The third-order valence-electron chi connectivity index (χ3n) is 3.21. The van der Waals surface area contributed by atoms with Gasteiger partial charge in [0.2, 0.25) is 5.91 Å². The largest absolute Gasteiger partial charge is 0.494 e. The van der Waals surface area contributed by atoms with E-state index in [1.807, 2.05) is 49.4 Å². The van der Waals surface area contributed by atoms with Crippen LogP contribution in [-0.4, -0.2) is 17.5 Å². The summed E-state index contributed by atoms with van der Waals surface area (Å²) < 4.78 is 6.50. The molecular formula is C17H16N2O2S. The Morgan fingerprint density at radius 2 is 2.05 bits per heavy atom. The normalized spacial score (nSPS) is 10.6. The average Bonchev–Trinajstić information content (AvgIpc) is 2.97. The van der Waals surface area contributed by atoms with E-state index in [2.05, 4.69) is 10.3 Å². The van der Waals surface area contributed by atoms with Crippen LogP contribution in [0.25, 0.3) is 10.2 Å². The lowest BCUT2D eigenvalue weighted by Crippen LogP contribution is -2.14. The summed E-state index contributed by atoms with van der Waals surface area (Å²) >= 11 is 1.59. The van der Waals surface area contributed by atoms with E-state index in [-0.39, 0.29) is 5.91 Å². The summed E-state index contributed by atoms with van der Waals surface area (Å²) in [6.45, 7) is 2.58. The summed E-state index contributed by atoms with van der Waals surface area (Å²) in [6.07, 6.45) is 0.335. The second-order valence-electron chi connectivity index (χ2n) is 4.84. The Hall–Kier alpha value is -2.40. The summed E-state index contributed by atoms with van der Waals surface area (Å²) in [5.74, 6) is 0.777. The Morgan fingerprint density at radius 1 is 1.23 bits per heavy atom. The van der Waals surface area contributed by atoms with Gasteiger partial charge in [0, 0.05) is 5.69 Å². The van der Waals surface area contributed by atoms with Gasteiger partial charge in [0.1, 0.15) is 5.75 Å². The minimum atomic E-state index is -0.0428. The number of hydrogen-bond acceptors (Lipinski definition) is 4. The molecule has 22 heavy (non-hydrogen) atoms. The molecule has 0 radical (unpaired) electrons. The van der Waals surface area contributed by atoms with Gasteiger partial charge in [-0.05, 0) is 42.8 Å². The van der Waals surface area contributed by atoms with E-state index >= 15 is 0 Å². The number of nitrogens with zero attached hydrogens (tertiary/aromatic N) is 1. The molecular weight excluding hydrogens is 296 g/mol. The number of carbonyl (C=O) groups excluding carboxylic acids is 1. The number of anilines is 1. The molecule has 0 spiro atoms. The lowest BCUT2D eigenvalue weighted by Gasteiger charge is -2.07. The van der Waals surface area contributed by atoms with Crippen molar-refractivity contribution < 1.29 is 9.53 Å². The quantitative estimate of drug-likeness (QED) is 0.778. The van der Waals surface area contributed by atoms with Crippen molar-refractivity contribution in [3.63, 3.8) is 0 Å². The summed E-state index contributed by atoms with van der Waals surface area (Å²) in [7, 11) is 0. The van der Waals surface area contributed by atoms with E-state index in [9.17, 15) is 4.79 Å². The molecule has 0 fully saturated rings. The first kappa shape index (κ1) is 14.5. The van der Waals surface area contributed by atoms with Crippen molar-refractivity contribution in [2.75, 3.05) is 11.9 Å². The van der Waals surface area contributed by atoms with E-state index < -0.39 is 0 Å². The van der Waals surface area contributed by atoms with Gasteiger partial charge in [-0.15, -0.1) is 11.3 Å². The van der Waals surface area contributed by atoms with Gasteiger partial charge in [-0.2, -0.15) is 0 Å². The van der Waals surface area contributed by atoms with Crippen LogP contribution < -0.4 is 10.1 Å². The van der Waals surface area contributed by atoms with Crippen molar-refractivity contribution in [1.29, 1.82) is 0 Å². The molecule has 0 saturated heterocycles. The Balaban J connectivity index is 1.63. The number of thiazole rings is 1. The van der Waals surface area contributed by atoms with Crippen LogP contribution >= 0.6 is 11.3 Å². The Labute approximate surface area is 132 Å². The molecule has 0 unspecified atom stereocenters. The van der Waals surface area contributed by atoms with Gasteiger partial charge in [0.15, 0.2) is 0 Å². The Morgan fingerprint density at radius 3 is 2.82 bits per heavy atom. The van der Waals surface area contributed by atoms with Gasteiger partial charge < -0.3 is 10.1 Å². The highest BCUT2D eigenvalue weighted by Gasteiger charge is 2.06. The molecule has 0 saturated carbocycles. The van der Waals surface area contributed by atoms with Crippen molar-refractivity contribution in [3.8, 4) is 5.75 Å². The van der Waals surface area contributed by atoms with Gasteiger partial charge in [-0.1, -0.05) is 12.1 Å². The SMILES string of the molecule is CCOc1ccc(CC(=O)Nc2ccc3scnc3c2)cc1. The zero-order valence-corrected chi connectivity index (χ0v) is 13.0. The first-order chi connectivity index (χ1) is 10.7. The van der Waals surface area contributed by atoms with Crippen LogP contribution in [0.1, 0.15) is 12.5 Å². The zero-order chi connectivity index (χ0) is 15.4. The number of aromatic nitrogens is 1. The molecule has 2 aromatic carbocycles. The topological polar surface area (TPSA) is 51.2 Å². The standard InChI is InChI=1S/C17H16N2O2S/c1-2-21-14-6-3-12(4-7-14)9-17(20)19-13-5-8-16-15(10-13)18-11-22-16/h3-8,10-11H,2,9H2,1H3,(H,19,20). The maximum absolute atomic E-state index is 12.1. The van der Waals surface area contributed by atoms with Crippen LogP contribution in [0, 0.1) is 0 Å². The van der Waals surface area contributed by atoms with Crippen molar-refractivity contribution >= 4 is 33.1 Å². The average molecular weight is 312 g/mol. The molecule has 0 atom stereocenters. The number of hydrogen-bond donors (Lipinski definition) is 1. The third-order valence-corrected chi connectivity index (χ3v) is 4.02. The van der Waals surface area contributed by atoms with Crippen LogP contribution in [0.15, 0.2) is 48.0 Å². The minimum Gasteiger partial charge on any atom is -0.494 e. The van der Waals surface area contributed by atoms with Crippen molar-refractivity contribution in [1.82, 2.24) is 4.98 Å². The molecule has 1 amide bonds. The maximum atomic E-state index is 12.1. The lowest BCUT2D eigenvalue weighted by atomic mass is 10.1. The van der Waals surface area contributed by atoms with E-state index in [0.29, 0.717) is 13.0 Å². The van der Waals surface area contributed by atoms with Crippen LogP contribution in [-0.2, 0) is 11.2 Å². The number of rotatable bonds is 5. The first-order valence-corrected chi connectivity index (χ1v) is 7.97. The lowest BCUT2D eigenvalue weighted by molar-refractivity contribution is -0.115. The van der Waals surface area contributed by atoms with Gasteiger partial charge in [-0.3, -0.25) is 4.79 Å². The summed E-state index contributed by atoms with van der Waals surface area (Å²) in [4.78, 5) is 16.4. The highest BCUT2D eigenvalue weighted by Crippen LogP contribution is 2.21. The van der Waals surface area contributed by atoms with Crippen molar-refractivity contribution in [3.05, 3.63) is 53.5 Å². The van der Waals surface area contributed by atoms with Crippen LogP contribution in [0.4, 0.5) is 5.69 Å². The molecule has 3 rings (SSSR count). The molecule has 4 nitrogen and oxygen atoms in total. The Bertz CT molecular complexity index is 781. The molecule has 112 valence electrons. The van der Waals surface area contributed by atoms with Gasteiger partial charge in [0.05, 0.1) is 28.8 Å². The first-order valence-electron chi connectivity index (χ1n) is 7.09. The molecule has 0 aliphatic rings. The molecule has 1 aromatic heterocycles. The summed E-state index contributed by atoms with van der Waals surface area (Å²) in [5, 5.41) is 2.91. The number of fused-ring (bicyclic) bond motifs is 1. The van der Waals surface area contributed by atoms with Gasteiger partial charge >= 0.3 is 0 Å². The van der Waals surface area contributed by atoms with E-state index in [0.717, 1.165) is 27.2 Å². The fourth-order valence-corrected chi connectivity index (χ4v) is 2.86. The monoisotopic (exact) mass is 312 g/mol. The minimum absolute atomic E-state index is 0.0428. The summed E-state index contributed by atoms with van der Waals surface area (Å²) in [5.41, 5.74) is 4.44. The molecule has 0 aliphatic heterocycles. The second-order valence-corrected chi connectivity index (χ2v) is 5.72. The number of carbonyl (C=O) groups is 1. The van der Waals surface area contributed by atoms with Crippen molar-refractivity contribution in [2.45, 2.75) is 13.3 Å². The zero-order valence-electron chi connectivity index (χ0n) is 12.2. The van der Waals surface area contributed by atoms with E-state index in [4.69, 9.17) is 4.74 Å². The molecule has 5 heteroatoms. The van der Waals surface area contributed by atoms with E-state index in [1.54, 1.807) is 16.8 Å². The second kappa shape index (κ2) is 6.58. The number of ether oxygens (including phenoxy) is 1. The molecule has 0 bridgehead atoms. The van der Waals surface area contributed by atoms with Crippen LogP contribution in [0.3, 0.4) is 0 Å². The number of amides is 1. The third kappa shape index (κ3) is 3.43. The fourth-order valence-electron chi connectivity index (χ4n) is 2.20.